The Morgan fingerprint density at radius 1 is 1.36 bits per heavy atom. The molecule has 0 aliphatic carbocycles. The van der Waals surface area contributed by atoms with Crippen molar-refractivity contribution in [2.24, 2.45) is 0 Å². The second-order valence-corrected chi connectivity index (χ2v) is 8.08. The number of benzene rings is 1. The molecule has 0 N–H and O–H groups in total. The van der Waals surface area contributed by atoms with Crippen molar-refractivity contribution < 1.29 is 9.32 Å². The summed E-state index contributed by atoms with van der Waals surface area (Å²) in [6.07, 6.45) is 0.950. The molecule has 0 fully saturated rings. The van der Waals surface area contributed by atoms with Crippen LogP contribution in [0.1, 0.15) is 32.3 Å². The number of carbonyl (C=O) groups is 1. The van der Waals surface area contributed by atoms with Crippen LogP contribution in [0.25, 0.3) is 0 Å². The first kappa shape index (κ1) is 16.4. The minimum atomic E-state index is 0.105. The van der Waals surface area contributed by atoms with E-state index in [1.165, 1.54) is 10.4 Å². The largest absolute Gasteiger partial charge is 0.360 e. The second-order valence-electron chi connectivity index (χ2n) is 6.07. The minimum absolute atomic E-state index is 0.105. The SMILES string of the molecule is Cc1cc(CSc2ccccc2C(=O)N2CCc3sccc3C2)on1. The molecule has 1 aromatic carbocycles. The molecule has 0 radical (unpaired) electrons. The highest BCUT2D eigenvalue weighted by atomic mass is 32.2. The standard InChI is InChI=1S/C19H18N2O2S2/c1-13-10-15(23-20-13)12-25-18-5-3-2-4-16(18)19(22)21-8-6-17-14(11-21)7-9-24-17/h2-5,7,9-10H,6,8,11-12H2,1H3. The van der Waals surface area contributed by atoms with Gasteiger partial charge < -0.3 is 9.42 Å². The van der Waals surface area contributed by atoms with Gasteiger partial charge in [0.05, 0.1) is 17.0 Å². The molecule has 1 aliphatic rings. The molecule has 128 valence electrons. The molecule has 1 amide bonds. The third-order valence-corrected chi connectivity index (χ3v) is 6.38. The van der Waals surface area contributed by atoms with Crippen LogP contribution in [0.5, 0.6) is 0 Å². The number of aromatic nitrogens is 1. The van der Waals surface area contributed by atoms with Crippen LogP contribution in [0.3, 0.4) is 0 Å². The third-order valence-electron chi connectivity index (χ3n) is 4.26. The van der Waals surface area contributed by atoms with E-state index >= 15 is 0 Å². The predicted molar refractivity (Wildman–Crippen MR) is 100 cm³/mol. The Bertz CT molecular complexity index is 900. The summed E-state index contributed by atoms with van der Waals surface area (Å²) in [6, 6.07) is 11.9. The summed E-state index contributed by atoms with van der Waals surface area (Å²) in [7, 11) is 0. The van der Waals surface area contributed by atoms with Crippen LogP contribution < -0.4 is 0 Å². The normalized spacial score (nSPS) is 13.7. The molecule has 4 nitrogen and oxygen atoms in total. The van der Waals surface area contributed by atoms with Gasteiger partial charge in [-0.05, 0) is 42.5 Å². The Labute approximate surface area is 154 Å². The molecule has 3 heterocycles. The lowest BCUT2D eigenvalue weighted by atomic mass is 10.1. The van der Waals surface area contributed by atoms with Gasteiger partial charge in [0, 0.05) is 28.9 Å². The summed E-state index contributed by atoms with van der Waals surface area (Å²) in [6.45, 7) is 3.40. The highest BCUT2D eigenvalue weighted by Crippen LogP contribution is 2.30. The van der Waals surface area contributed by atoms with E-state index in [4.69, 9.17) is 4.52 Å². The maximum absolute atomic E-state index is 13.0. The lowest BCUT2D eigenvalue weighted by molar-refractivity contribution is 0.0732. The molecule has 1 aliphatic heterocycles. The number of thioether (sulfide) groups is 1. The summed E-state index contributed by atoms with van der Waals surface area (Å²) in [5.41, 5.74) is 2.93. The molecule has 0 saturated carbocycles. The molecule has 2 aromatic heterocycles. The fourth-order valence-corrected chi connectivity index (χ4v) is 4.80. The zero-order chi connectivity index (χ0) is 17.2. The van der Waals surface area contributed by atoms with Crippen molar-refractivity contribution in [3.05, 3.63) is 69.2 Å². The molecule has 6 heteroatoms. The molecule has 0 unspecified atom stereocenters. The van der Waals surface area contributed by atoms with Gasteiger partial charge in [-0.15, -0.1) is 23.1 Å². The van der Waals surface area contributed by atoms with E-state index in [1.807, 2.05) is 42.2 Å². The van der Waals surface area contributed by atoms with Crippen molar-refractivity contribution in [3.8, 4) is 0 Å². The van der Waals surface area contributed by atoms with Crippen molar-refractivity contribution in [3.63, 3.8) is 0 Å². The number of rotatable bonds is 4. The molecule has 0 saturated heterocycles. The monoisotopic (exact) mass is 370 g/mol. The number of carbonyl (C=O) groups excluding carboxylic acids is 1. The van der Waals surface area contributed by atoms with Gasteiger partial charge in [0.15, 0.2) is 0 Å². The number of aryl methyl sites for hydroxylation is 1. The van der Waals surface area contributed by atoms with E-state index in [1.54, 1.807) is 23.1 Å². The van der Waals surface area contributed by atoms with E-state index in [9.17, 15) is 4.79 Å². The van der Waals surface area contributed by atoms with E-state index in [0.717, 1.165) is 34.9 Å². The van der Waals surface area contributed by atoms with E-state index in [-0.39, 0.29) is 5.91 Å². The highest BCUT2D eigenvalue weighted by molar-refractivity contribution is 7.98. The lowest BCUT2D eigenvalue weighted by Crippen LogP contribution is -2.35. The van der Waals surface area contributed by atoms with Crippen molar-refractivity contribution in [1.82, 2.24) is 10.1 Å². The summed E-state index contributed by atoms with van der Waals surface area (Å²) in [5, 5.41) is 6.03. The Balaban J connectivity index is 1.51. The predicted octanol–water partition coefficient (Wildman–Crippen LogP) is 4.54. The van der Waals surface area contributed by atoms with Gasteiger partial charge in [-0.3, -0.25) is 4.79 Å². The fraction of sp³-hybridized carbons (Fsp3) is 0.263. The lowest BCUT2D eigenvalue weighted by Gasteiger charge is -2.27. The summed E-state index contributed by atoms with van der Waals surface area (Å²) < 4.78 is 5.27. The number of hydrogen-bond donors (Lipinski definition) is 0. The van der Waals surface area contributed by atoms with Crippen molar-refractivity contribution >= 4 is 29.0 Å². The Morgan fingerprint density at radius 2 is 2.24 bits per heavy atom. The van der Waals surface area contributed by atoms with Gasteiger partial charge in [-0.1, -0.05) is 17.3 Å². The number of fused-ring (bicyclic) bond motifs is 1. The number of amides is 1. The van der Waals surface area contributed by atoms with Crippen LogP contribution in [0.15, 0.2) is 51.2 Å². The number of hydrogen-bond acceptors (Lipinski definition) is 5. The average Bonchev–Trinajstić information content (AvgIpc) is 3.27. The Hall–Kier alpha value is -2.05. The zero-order valence-electron chi connectivity index (χ0n) is 13.9. The van der Waals surface area contributed by atoms with Crippen molar-refractivity contribution in [2.45, 2.75) is 30.5 Å². The van der Waals surface area contributed by atoms with Crippen LogP contribution in [0.4, 0.5) is 0 Å². The quantitative estimate of drug-likeness (QED) is 0.633. The molecule has 0 atom stereocenters. The first-order valence-corrected chi connectivity index (χ1v) is 10.1. The van der Waals surface area contributed by atoms with E-state index in [2.05, 4.69) is 16.6 Å². The van der Waals surface area contributed by atoms with Crippen LogP contribution in [0, 0.1) is 6.92 Å². The van der Waals surface area contributed by atoms with Gasteiger partial charge in [0.25, 0.3) is 5.91 Å². The molecular formula is C19H18N2O2S2. The van der Waals surface area contributed by atoms with Gasteiger partial charge in [-0.25, -0.2) is 0 Å². The first-order valence-electron chi connectivity index (χ1n) is 8.19. The van der Waals surface area contributed by atoms with E-state index < -0.39 is 0 Å². The van der Waals surface area contributed by atoms with Gasteiger partial charge in [0.2, 0.25) is 0 Å². The highest BCUT2D eigenvalue weighted by Gasteiger charge is 2.24. The smallest absolute Gasteiger partial charge is 0.255 e. The molecule has 4 rings (SSSR count). The third kappa shape index (κ3) is 3.50. The Morgan fingerprint density at radius 3 is 3.08 bits per heavy atom. The van der Waals surface area contributed by atoms with Gasteiger partial charge in [0.1, 0.15) is 5.76 Å². The first-order chi connectivity index (χ1) is 12.2. The Kier molecular flexibility index (Phi) is 4.63. The fourth-order valence-electron chi connectivity index (χ4n) is 2.99. The second kappa shape index (κ2) is 7.06. The van der Waals surface area contributed by atoms with Crippen LogP contribution >= 0.6 is 23.1 Å². The summed E-state index contributed by atoms with van der Waals surface area (Å²) >= 11 is 3.40. The number of nitrogens with zero attached hydrogens (tertiary/aromatic N) is 2. The van der Waals surface area contributed by atoms with Gasteiger partial charge >= 0.3 is 0 Å². The maximum Gasteiger partial charge on any atom is 0.255 e. The van der Waals surface area contributed by atoms with Crippen LogP contribution in [-0.2, 0) is 18.7 Å². The molecule has 3 aromatic rings. The average molecular weight is 370 g/mol. The van der Waals surface area contributed by atoms with Crippen molar-refractivity contribution in [2.75, 3.05) is 6.54 Å². The maximum atomic E-state index is 13.0. The molecule has 0 bridgehead atoms. The zero-order valence-corrected chi connectivity index (χ0v) is 15.5. The van der Waals surface area contributed by atoms with E-state index in [0.29, 0.717) is 12.3 Å². The van der Waals surface area contributed by atoms with Crippen LogP contribution in [-0.4, -0.2) is 22.5 Å². The minimum Gasteiger partial charge on any atom is -0.360 e. The number of thiophene rings is 1. The molecular weight excluding hydrogens is 352 g/mol. The van der Waals surface area contributed by atoms with Crippen molar-refractivity contribution in [1.29, 1.82) is 0 Å². The molecule has 0 spiro atoms. The van der Waals surface area contributed by atoms with Gasteiger partial charge in [-0.2, -0.15) is 0 Å². The summed E-state index contributed by atoms with van der Waals surface area (Å²) in [5.74, 6) is 1.60. The van der Waals surface area contributed by atoms with Crippen LogP contribution in [0.2, 0.25) is 0 Å². The topological polar surface area (TPSA) is 46.3 Å². The molecule has 25 heavy (non-hydrogen) atoms. The summed E-state index contributed by atoms with van der Waals surface area (Å²) in [4.78, 5) is 17.4.